The fourth-order valence-electron chi connectivity index (χ4n) is 4.45. The summed E-state index contributed by atoms with van der Waals surface area (Å²) in [5.74, 6) is -2.95. The predicted octanol–water partition coefficient (Wildman–Crippen LogP) is 3.03. The maximum absolute atomic E-state index is 13.6. The number of hydrogen-bond donors (Lipinski definition) is 4. The smallest absolute Gasteiger partial charge is 0.320 e. The molecule has 0 radical (unpaired) electrons. The molecule has 4 rings (SSSR count). The first-order valence-corrected chi connectivity index (χ1v) is 13.8. The first-order valence-electron chi connectivity index (χ1n) is 12.2. The number of nitrogen functional groups attached to an aromatic ring is 1. The van der Waals surface area contributed by atoms with Crippen LogP contribution in [0, 0.1) is 10.8 Å². The number of fused-ring (bicyclic) bond motifs is 1. The van der Waals surface area contributed by atoms with E-state index in [4.69, 9.17) is 21.3 Å². The molecule has 0 bridgehead atoms. The molecule has 11 nitrogen and oxygen atoms in total. The van der Waals surface area contributed by atoms with Gasteiger partial charge < -0.3 is 20.5 Å². The third kappa shape index (κ3) is 6.34. The summed E-state index contributed by atoms with van der Waals surface area (Å²) in [5.41, 5.74) is 6.01. The fraction of sp³-hybridized carbons (Fsp3) is 0.259. The third-order valence-corrected chi connectivity index (χ3v) is 8.00. The lowest BCUT2D eigenvalue weighted by molar-refractivity contribution is -0.134. The summed E-state index contributed by atoms with van der Waals surface area (Å²) in [6.07, 6.45) is 1.38. The lowest BCUT2D eigenvalue weighted by Gasteiger charge is -2.32. The number of carboxylic acid groups (broad SMARTS) is 1. The molecule has 5 N–H and O–H groups in total. The highest BCUT2D eigenvalue weighted by atomic mass is 32.2. The Morgan fingerprint density at radius 1 is 1.00 bits per heavy atom. The van der Waals surface area contributed by atoms with Gasteiger partial charge in [-0.1, -0.05) is 18.2 Å². The molecule has 39 heavy (non-hydrogen) atoms. The molecule has 0 unspecified atom stereocenters. The molecular weight excluding hydrogens is 522 g/mol. The van der Waals surface area contributed by atoms with Crippen LogP contribution in [0.4, 0.5) is 5.69 Å². The number of amides is 1. The second-order valence-electron chi connectivity index (χ2n) is 9.29. The van der Waals surface area contributed by atoms with Crippen LogP contribution in [0.2, 0.25) is 0 Å². The summed E-state index contributed by atoms with van der Waals surface area (Å²) in [4.78, 5) is 26.9. The van der Waals surface area contributed by atoms with Crippen LogP contribution in [0.3, 0.4) is 0 Å². The van der Waals surface area contributed by atoms with Gasteiger partial charge in [0.25, 0.3) is 15.9 Å². The van der Waals surface area contributed by atoms with E-state index in [-0.39, 0.29) is 23.2 Å². The van der Waals surface area contributed by atoms with Gasteiger partial charge in [-0.2, -0.15) is 0 Å². The first kappa shape index (κ1) is 27.6. The van der Waals surface area contributed by atoms with Crippen molar-refractivity contribution < 1.29 is 27.9 Å². The van der Waals surface area contributed by atoms with Crippen molar-refractivity contribution in [1.29, 1.82) is 10.8 Å². The quantitative estimate of drug-likeness (QED) is 0.244. The molecule has 0 aliphatic carbocycles. The SMILES string of the molecule is CC(=N)N1CCC(Oc2ccc(N(C(=O)c3ccc4ccc(C(=N)N)cc4c3)S(=O)(=O)CC(=O)O)cc2)CC1. The molecule has 3 aromatic carbocycles. The van der Waals surface area contributed by atoms with Crippen LogP contribution in [0.15, 0.2) is 60.7 Å². The topological polar surface area (TPSA) is 178 Å². The number of carbonyl (C=O) groups is 2. The Morgan fingerprint density at radius 2 is 1.59 bits per heavy atom. The Bertz CT molecular complexity index is 1550. The summed E-state index contributed by atoms with van der Waals surface area (Å²) in [7, 11) is -4.59. The summed E-state index contributed by atoms with van der Waals surface area (Å²) in [6.45, 7) is 3.15. The number of carbonyl (C=O) groups excluding carboxylic acids is 1. The van der Waals surface area contributed by atoms with Crippen LogP contribution >= 0.6 is 0 Å². The lowest BCUT2D eigenvalue weighted by Crippen LogP contribution is -2.40. The molecule has 1 fully saturated rings. The average Bonchev–Trinajstić information content (AvgIpc) is 2.88. The minimum absolute atomic E-state index is 0.0192. The zero-order valence-corrected chi connectivity index (χ0v) is 22.1. The molecule has 1 heterocycles. The van der Waals surface area contributed by atoms with Gasteiger partial charge in [0.05, 0.1) is 11.5 Å². The number of anilines is 1. The largest absolute Gasteiger partial charge is 0.490 e. The van der Waals surface area contributed by atoms with Crippen molar-refractivity contribution in [2.24, 2.45) is 5.73 Å². The lowest BCUT2D eigenvalue weighted by atomic mass is 10.0. The Balaban J connectivity index is 1.63. The maximum atomic E-state index is 13.6. The van der Waals surface area contributed by atoms with Gasteiger partial charge in [-0.05, 0) is 60.2 Å². The summed E-state index contributed by atoms with van der Waals surface area (Å²) < 4.78 is 32.7. The minimum Gasteiger partial charge on any atom is -0.490 e. The molecule has 1 aliphatic heterocycles. The standard InChI is InChI=1S/C27H29N5O6S/c1-17(28)31-12-10-24(11-13-31)38-23-8-6-22(7-9-23)32(39(36,37)16-25(33)34)27(35)20-5-3-18-2-4-19(26(29)30)14-21(18)15-20/h2-9,14-15,24,28H,10-13,16H2,1H3,(H3,29,30)(H,33,34). The van der Waals surface area contributed by atoms with Crippen molar-refractivity contribution in [2.45, 2.75) is 25.9 Å². The number of likely N-dealkylation sites (tertiary alicyclic amines) is 1. The zero-order chi connectivity index (χ0) is 28.3. The van der Waals surface area contributed by atoms with Gasteiger partial charge in [-0.25, -0.2) is 12.7 Å². The number of rotatable bonds is 8. The molecule has 0 aromatic heterocycles. The number of nitrogens with one attached hydrogen (secondary N) is 2. The van der Waals surface area contributed by atoms with E-state index in [1.165, 1.54) is 24.3 Å². The zero-order valence-electron chi connectivity index (χ0n) is 21.3. The van der Waals surface area contributed by atoms with E-state index >= 15 is 0 Å². The monoisotopic (exact) mass is 551 g/mol. The van der Waals surface area contributed by atoms with Gasteiger partial charge in [0.1, 0.15) is 17.7 Å². The molecule has 204 valence electrons. The Labute approximate surface area is 225 Å². The second kappa shape index (κ2) is 11.1. The van der Waals surface area contributed by atoms with Gasteiger partial charge in [0.2, 0.25) is 0 Å². The number of carboxylic acids is 1. The van der Waals surface area contributed by atoms with Gasteiger partial charge in [0.15, 0.2) is 5.75 Å². The van der Waals surface area contributed by atoms with Crippen molar-refractivity contribution in [3.05, 3.63) is 71.8 Å². The summed E-state index contributed by atoms with van der Waals surface area (Å²) in [5, 5.41) is 25.9. The molecule has 1 amide bonds. The predicted molar refractivity (Wildman–Crippen MR) is 148 cm³/mol. The highest BCUT2D eigenvalue weighted by Crippen LogP contribution is 2.28. The van der Waals surface area contributed by atoms with Crippen LogP contribution in [0.5, 0.6) is 5.75 Å². The number of nitrogens with zero attached hydrogens (tertiary/aromatic N) is 2. The van der Waals surface area contributed by atoms with Gasteiger partial charge in [-0.15, -0.1) is 0 Å². The highest BCUT2D eigenvalue weighted by molar-refractivity contribution is 7.94. The average molecular weight is 552 g/mol. The van der Waals surface area contributed by atoms with Crippen LogP contribution in [-0.4, -0.2) is 66.9 Å². The number of piperidine rings is 1. The number of sulfonamides is 1. The van der Waals surface area contributed by atoms with Crippen molar-refractivity contribution in [1.82, 2.24) is 4.90 Å². The van der Waals surface area contributed by atoms with E-state index in [1.54, 1.807) is 43.3 Å². The van der Waals surface area contributed by atoms with Crippen molar-refractivity contribution in [2.75, 3.05) is 23.1 Å². The van der Waals surface area contributed by atoms with Crippen molar-refractivity contribution in [3.63, 3.8) is 0 Å². The number of aliphatic carboxylic acids is 1. The number of ether oxygens (including phenoxy) is 1. The van der Waals surface area contributed by atoms with Crippen molar-refractivity contribution >= 4 is 50.0 Å². The van der Waals surface area contributed by atoms with Crippen LogP contribution in [0.25, 0.3) is 10.8 Å². The Morgan fingerprint density at radius 3 is 2.15 bits per heavy atom. The molecule has 12 heteroatoms. The Kier molecular flexibility index (Phi) is 7.86. The molecule has 0 saturated carbocycles. The third-order valence-electron chi connectivity index (χ3n) is 6.46. The van der Waals surface area contributed by atoms with E-state index in [1.807, 2.05) is 4.90 Å². The molecule has 1 aliphatic rings. The van der Waals surface area contributed by atoms with E-state index < -0.39 is 27.7 Å². The van der Waals surface area contributed by atoms with Gasteiger partial charge >= 0.3 is 5.97 Å². The number of benzene rings is 3. The second-order valence-corrected chi connectivity index (χ2v) is 11.1. The fourth-order valence-corrected chi connectivity index (χ4v) is 5.69. The van der Waals surface area contributed by atoms with E-state index in [9.17, 15) is 23.1 Å². The van der Waals surface area contributed by atoms with Gasteiger partial charge in [0, 0.05) is 37.1 Å². The minimum atomic E-state index is -4.59. The molecule has 3 aromatic rings. The van der Waals surface area contributed by atoms with Crippen LogP contribution in [0.1, 0.15) is 35.7 Å². The normalized spacial score (nSPS) is 14.1. The first-order chi connectivity index (χ1) is 18.4. The molecule has 0 atom stereocenters. The van der Waals surface area contributed by atoms with Crippen LogP contribution < -0.4 is 14.8 Å². The number of amidine groups is 2. The molecule has 1 saturated heterocycles. The molecular formula is C27H29N5O6S. The van der Waals surface area contributed by atoms with E-state index in [0.717, 1.165) is 18.2 Å². The summed E-state index contributed by atoms with van der Waals surface area (Å²) >= 11 is 0. The number of hydrogen-bond acceptors (Lipinski definition) is 7. The highest BCUT2D eigenvalue weighted by Gasteiger charge is 2.32. The maximum Gasteiger partial charge on any atom is 0.320 e. The van der Waals surface area contributed by atoms with Gasteiger partial charge in [-0.3, -0.25) is 20.4 Å². The Hall–Kier alpha value is -4.45. The molecule has 0 spiro atoms. The van der Waals surface area contributed by atoms with E-state index in [2.05, 4.69) is 0 Å². The number of nitrogens with two attached hydrogens (primary N) is 1. The van der Waals surface area contributed by atoms with Crippen LogP contribution in [-0.2, 0) is 14.8 Å². The van der Waals surface area contributed by atoms with E-state index in [0.29, 0.717) is 39.9 Å². The van der Waals surface area contributed by atoms with Crippen molar-refractivity contribution in [3.8, 4) is 5.75 Å². The summed E-state index contributed by atoms with van der Waals surface area (Å²) in [6, 6.07) is 15.5.